The number of esters is 1. The van der Waals surface area contributed by atoms with Gasteiger partial charge >= 0.3 is 5.97 Å². The van der Waals surface area contributed by atoms with E-state index in [-0.39, 0.29) is 61.0 Å². The molecule has 20 atom stereocenters. The third kappa shape index (κ3) is 10.6. The minimum absolute atomic E-state index is 0.0270. The van der Waals surface area contributed by atoms with Gasteiger partial charge in [0.05, 0.1) is 55.4 Å². The average molecular weight is 914 g/mol. The van der Waals surface area contributed by atoms with E-state index in [0.717, 1.165) is 12.0 Å². The van der Waals surface area contributed by atoms with E-state index in [9.17, 15) is 19.8 Å². The first-order chi connectivity index (χ1) is 30.9. The Labute approximate surface area is 385 Å². The van der Waals surface area contributed by atoms with Crippen LogP contribution in [-0.2, 0) is 57.0 Å². The molecule has 15 nitrogen and oxygen atoms in total. The molecule has 0 aromatic carbocycles. The fourth-order valence-corrected chi connectivity index (χ4v) is 11.0. The van der Waals surface area contributed by atoms with Crippen molar-refractivity contribution < 1.29 is 67.2 Å². The largest absolute Gasteiger partial charge is 0.462 e. The molecule has 1 spiro atoms. The van der Waals surface area contributed by atoms with Crippen LogP contribution in [0.5, 0.6) is 0 Å². The highest BCUT2D eigenvalue weighted by molar-refractivity contribution is 5.78. The molecule has 4 fully saturated rings. The lowest BCUT2D eigenvalue weighted by atomic mass is 9.71. The third-order valence-electron chi connectivity index (χ3n) is 14.9. The predicted octanol–water partition coefficient (Wildman–Crippen LogP) is 5.52. The van der Waals surface area contributed by atoms with Gasteiger partial charge in [0.2, 0.25) is 5.91 Å². The molecule has 364 valence electrons. The first-order valence-corrected chi connectivity index (χ1v) is 23.8. The Morgan fingerprint density at radius 2 is 1.65 bits per heavy atom. The molecule has 0 saturated carbocycles. The van der Waals surface area contributed by atoms with Gasteiger partial charge in [-0.25, -0.2) is 0 Å². The predicted molar refractivity (Wildman–Crippen MR) is 239 cm³/mol. The first kappa shape index (κ1) is 50.1. The highest BCUT2D eigenvalue weighted by Gasteiger charge is 2.60. The standard InChI is InChI=1S/C50H75NO14/c1-12-26(2)45-29(5)18-19-49(65-45)24-36-21-35(64-49)17-16-28(4)44(27(3)14-13-15-34-25-58-47-43(53)30(6)20-37(48(54)61-36)50(34,47)55)62-41-23-39(57-11)46(32(8)60-41)63-40-22-38(56-10)42(31(7)59-40)51-33(9)52/h13-16,18-20,26-27,29,31-32,35-47,53,55H,12,17,21-25H2,1-11H3,(H,51,52)/b14-13+,28-16+,34-15+/t26-,27+,29+,31+,32+,35-,36+,37+,38+,39+,40+,41+,42+,43-,44+,45-,46+,47-,49-,50-/m1/s1. The third-order valence-corrected chi connectivity index (χ3v) is 14.9. The van der Waals surface area contributed by atoms with Gasteiger partial charge in [0.1, 0.15) is 35.9 Å². The Morgan fingerprint density at radius 3 is 2.35 bits per heavy atom. The molecule has 1 amide bonds. The van der Waals surface area contributed by atoms with Crippen molar-refractivity contribution in [3.8, 4) is 0 Å². The van der Waals surface area contributed by atoms with E-state index in [1.54, 1.807) is 33.3 Å². The van der Waals surface area contributed by atoms with Crippen LogP contribution in [0, 0.1) is 23.7 Å². The van der Waals surface area contributed by atoms with Gasteiger partial charge in [0.15, 0.2) is 18.4 Å². The molecule has 15 heteroatoms. The zero-order valence-corrected chi connectivity index (χ0v) is 40.2. The van der Waals surface area contributed by atoms with Gasteiger partial charge in [0.25, 0.3) is 0 Å². The van der Waals surface area contributed by atoms with Crippen molar-refractivity contribution in [2.24, 2.45) is 23.7 Å². The normalized spacial score (nSPS) is 47.3. The molecule has 65 heavy (non-hydrogen) atoms. The van der Waals surface area contributed by atoms with Crippen LogP contribution >= 0.6 is 0 Å². The highest BCUT2D eigenvalue weighted by Crippen LogP contribution is 2.47. The molecule has 0 aromatic rings. The number of amides is 1. The molecule has 7 rings (SSSR count). The van der Waals surface area contributed by atoms with Crippen molar-refractivity contribution in [1.29, 1.82) is 0 Å². The topological polar surface area (TPSA) is 179 Å². The molecular formula is C50H75NO14. The lowest BCUT2D eigenvalue weighted by Gasteiger charge is -2.48. The lowest BCUT2D eigenvalue weighted by Crippen LogP contribution is -2.58. The summed E-state index contributed by atoms with van der Waals surface area (Å²) in [7, 11) is 3.27. The number of methoxy groups -OCH3 is 2. The van der Waals surface area contributed by atoms with Crippen LogP contribution in [0.3, 0.4) is 0 Å². The van der Waals surface area contributed by atoms with Crippen LogP contribution in [-0.4, -0.2) is 140 Å². The van der Waals surface area contributed by atoms with Gasteiger partial charge in [-0.05, 0) is 62.8 Å². The second-order valence-corrected chi connectivity index (χ2v) is 19.7. The summed E-state index contributed by atoms with van der Waals surface area (Å²) in [6.07, 6.45) is 9.46. The fourth-order valence-electron chi connectivity index (χ4n) is 11.0. The number of hydrogen-bond donors (Lipinski definition) is 3. The maximum atomic E-state index is 14.4. The monoisotopic (exact) mass is 914 g/mol. The van der Waals surface area contributed by atoms with E-state index in [0.29, 0.717) is 36.8 Å². The fraction of sp³-hybridized carbons (Fsp3) is 0.760. The number of hydrogen-bond acceptors (Lipinski definition) is 14. The summed E-state index contributed by atoms with van der Waals surface area (Å²) in [5.74, 6) is -2.75. The number of nitrogens with one attached hydrogen (secondary N) is 1. The molecule has 0 radical (unpaired) electrons. The number of fused-ring (bicyclic) bond motifs is 2. The van der Waals surface area contributed by atoms with E-state index < -0.39 is 84.7 Å². The summed E-state index contributed by atoms with van der Waals surface area (Å²) in [5.41, 5.74) is 0.116. The van der Waals surface area contributed by atoms with Gasteiger partial charge in [-0.2, -0.15) is 0 Å². The molecule has 6 aliphatic heterocycles. The van der Waals surface area contributed by atoms with Crippen LogP contribution in [0.2, 0.25) is 0 Å². The smallest absolute Gasteiger partial charge is 0.316 e. The van der Waals surface area contributed by atoms with Crippen LogP contribution in [0.4, 0.5) is 0 Å². The summed E-state index contributed by atoms with van der Waals surface area (Å²) in [6, 6.07) is -0.315. The van der Waals surface area contributed by atoms with Crippen LogP contribution in [0.1, 0.15) is 101 Å². The zero-order valence-electron chi connectivity index (χ0n) is 40.2. The van der Waals surface area contributed by atoms with Crippen molar-refractivity contribution in [2.45, 2.75) is 198 Å². The van der Waals surface area contributed by atoms with Crippen LogP contribution in [0.25, 0.3) is 0 Å². The number of allylic oxidation sites excluding steroid dienone is 2. The first-order valence-electron chi connectivity index (χ1n) is 23.8. The Hall–Kier alpha value is -2.80. The molecule has 1 aliphatic carbocycles. The second-order valence-electron chi connectivity index (χ2n) is 19.7. The molecule has 0 aromatic heterocycles. The van der Waals surface area contributed by atoms with Gasteiger partial charge in [-0.1, -0.05) is 70.6 Å². The SMILES string of the molecule is CC[C@@H](C)[C@H]1O[C@]2(C=C[C@@H]1C)C[C@@H]1C[C@@H](C/C=C(\C)[C@@H](O[C@H]3C[C@H](OC)[C@@H](O[C@H]4C[C@H](OC)[C@@H](NC(C)=O)[C@H](C)O4)[C@H](C)O3)[C@@H](C)/C=C/C=C3\CO[C@@H]4[C@H](O)C(C)=C[C@@H](C(=O)O1)[C@]34O)O2. The Balaban J connectivity index is 1.16. The summed E-state index contributed by atoms with van der Waals surface area (Å²) >= 11 is 0. The minimum Gasteiger partial charge on any atom is -0.462 e. The maximum Gasteiger partial charge on any atom is 0.316 e. The van der Waals surface area contributed by atoms with Gasteiger partial charge in [0, 0.05) is 58.7 Å². The molecule has 3 N–H and O–H groups in total. The number of carbonyl (C=O) groups excluding carboxylic acids is 2. The van der Waals surface area contributed by atoms with Crippen molar-refractivity contribution in [2.75, 3.05) is 20.8 Å². The maximum absolute atomic E-state index is 14.4. The van der Waals surface area contributed by atoms with Crippen molar-refractivity contribution in [1.82, 2.24) is 5.32 Å². The van der Waals surface area contributed by atoms with Crippen LogP contribution < -0.4 is 5.32 Å². The van der Waals surface area contributed by atoms with E-state index in [1.165, 1.54) is 6.92 Å². The quantitative estimate of drug-likeness (QED) is 0.195. The second kappa shape index (κ2) is 20.8. The summed E-state index contributed by atoms with van der Waals surface area (Å²) in [6.45, 7) is 17.7. The van der Waals surface area contributed by atoms with E-state index in [4.69, 9.17) is 47.4 Å². The lowest BCUT2D eigenvalue weighted by molar-refractivity contribution is -0.311. The van der Waals surface area contributed by atoms with Crippen molar-refractivity contribution in [3.05, 3.63) is 59.3 Å². The number of aliphatic hydroxyl groups is 2. The summed E-state index contributed by atoms with van der Waals surface area (Å²) < 4.78 is 64.4. The highest BCUT2D eigenvalue weighted by atomic mass is 16.7. The van der Waals surface area contributed by atoms with Gasteiger partial charge in [-0.3, -0.25) is 9.59 Å². The average Bonchev–Trinajstić information content (AvgIpc) is 3.61. The number of ether oxygens (including phenoxy) is 10. The zero-order chi connectivity index (χ0) is 47.0. The van der Waals surface area contributed by atoms with Crippen LogP contribution in [0.15, 0.2) is 59.3 Å². The summed E-state index contributed by atoms with van der Waals surface area (Å²) in [5, 5.41) is 26.7. The van der Waals surface area contributed by atoms with Gasteiger partial charge < -0.3 is 62.9 Å². The van der Waals surface area contributed by atoms with E-state index >= 15 is 0 Å². The number of rotatable bonds is 9. The van der Waals surface area contributed by atoms with Crippen molar-refractivity contribution in [3.63, 3.8) is 0 Å². The number of aliphatic hydroxyl groups excluding tert-OH is 1. The van der Waals surface area contributed by atoms with E-state index in [2.05, 4.69) is 45.2 Å². The molecule has 0 unspecified atom stereocenters. The molecule has 2 bridgehead atoms. The minimum atomic E-state index is -1.84. The molecular weight excluding hydrogens is 839 g/mol. The van der Waals surface area contributed by atoms with Gasteiger partial charge in [-0.15, -0.1) is 0 Å². The Morgan fingerprint density at radius 1 is 0.938 bits per heavy atom. The van der Waals surface area contributed by atoms with Crippen molar-refractivity contribution >= 4 is 11.9 Å². The molecule has 6 heterocycles. The Kier molecular flexibility index (Phi) is 16.0. The molecule has 4 saturated heterocycles. The Bertz CT molecular complexity index is 1850. The molecule has 7 aliphatic rings. The number of carbonyl (C=O) groups is 2. The summed E-state index contributed by atoms with van der Waals surface area (Å²) in [4.78, 5) is 26.3. The van der Waals surface area contributed by atoms with E-state index in [1.807, 2.05) is 39.0 Å².